The normalized spacial score (nSPS) is 16.5. The molecule has 0 spiro atoms. The molecule has 1 aromatic rings. The quantitative estimate of drug-likeness (QED) is 0.253. The Labute approximate surface area is 173 Å². The van der Waals surface area contributed by atoms with Crippen LogP contribution in [0, 0.1) is 17.7 Å². The Morgan fingerprint density at radius 1 is 1.30 bits per heavy atom. The molecule has 8 nitrogen and oxygen atoms in total. The lowest BCUT2D eigenvalue weighted by Gasteiger charge is -2.28. The zero-order valence-corrected chi connectivity index (χ0v) is 16.6. The Hall–Kier alpha value is -2.82. The molecular weight excluding hydrogens is 435 g/mol. The molecule has 0 bridgehead atoms. The van der Waals surface area contributed by atoms with Gasteiger partial charge in [0.05, 0.1) is 12.0 Å². The topological polar surface area (TPSA) is 100 Å². The van der Waals surface area contributed by atoms with Crippen LogP contribution in [0.5, 0.6) is 5.75 Å². The smallest absolute Gasteiger partial charge is 0.430 e. The Morgan fingerprint density at radius 3 is 2.63 bits per heavy atom. The van der Waals surface area contributed by atoms with Crippen molar-refractivity contribution in [3.05, 3.63) is 38.8 Å². The van der Waals surface area contributed by atoms with E-state index < -0.39 is 42.5 Å². The number of alkyl halides is 3. The van der Waals surface area contributed by atoms with Crippen LogP contribution in [0.4, 0.5) is 13.2 Å². The van der Waals surface area contributed by atoms with Gasteiger partial charge in [0.15, 0.2) is 5.34 Å². The van der Waals surface area contributed by atoms with Gasteiger partial charge in [0, 0.05) is 16.5 Å². The predicted octanol–water partition coefficient (Wildman–Crippen LogP) is 4.12. The number of esters is 2. The minimum Gasteiger partial charge on any atom is -0.475 e. The lowest BCUT2D eigenvalue weighted by molar-refractivity contribution is -0.190. The average Bonchev–Trinajstić information content (AvgIpc) is 2.64. The van der Waals surface area contributed by atoms with Gasteiger partial charge in [0.2, 0.25) is 12.9 Å². The molecule has 12 heteroatoms. The molecule has 1 aliphatic heterocycles. The second-order valence-corrected chi connectivity index (χ2v) is 6.96. The first kappa shape index (κ1) is 23.5. The fraction of sp³-hybridized carbons (Fsp3) is 0.444. The third kappa shape index (κ3) is 6.09. The van der Waals surface area contributed by atoms with E-state index in [1.54, 1.807) is 6.92 Å². The van der Waals surface area contributed by atoms with E-state index in [0.717, 1.165) is 6.08 Å². The summed E-state index contributed by atoms with van der Waals surface area (Å²) in [5.41, 5.74) is -0.263. The molecule has 2 unspecified atom stereocenters. The first-order valence-corrected chi connectivity index (χ1v) is 8.93. The molecule has 1 aliphatic rings. The summed E-state index contributed by atoms with van der Waals surface area (Å²) in [5.74, 6) is -2.64. The van der Waals surface area contributed by atoms with Crippen molar-refractivity contribution in [3.63, 3.8) is 0 Å². The van der Waals surface area contributed by atoms with Gasteiger partial charge in [-0.05, 0) is 30.7 Å². The van der Waals surface area contributed by atoms with Crippen LogP contribution in [0.15, 0.2) is 23.0 Å². The highest BCUT2D eigenvalue weighted by molar-refractivity contribution is 6.30. The monoisotopic (exact) mass is 451 g/mol. The van der Waals surface area contributed by atoms with Crippen LogP contribution in [0.2, 0.25) is 5.02 Å². The highest BCUT2D eigenvalue weighted by Gasteiger charge is 2.49. The maximum Gasteiger partial charge on any atom is 0.430 e. The maximum absolute atomic E-state index is 13.4. The van der Waals surface area contributed by atoms with Gasteiger partial charge in [-0.3, -0.25) is 4.79 Å². The van der Waals surface area contributed by atoms with Crippen LogP contribution in [0.1, 0.15) is 24.5 Å². The molecular formula is C18H17ClF3NO7. The second kappa shape index (κ2) is 9.79. The third-order valence-electron chi connectivity index (χ3n) is 3.97. The summed E-state index contributed by atoms with van der Waals surface area (Å²) in [4.78, 5) is 37.9. The summed E-state index contributed by atoms with van der Waals surface area (Å²) < 4.78 is 54.6. The number of rotatable bonds is 8. The summed E-state index contributed by atoms with van der Waals surface area (Å²) in [7, 11) is 0. The van der Waals surface area contributed by atoms with E-state index in [4.69, 9.17) is 16.3 Å². The van der Waals surface area contributed by atoms with Crippen LogP contribution in [-0.4, -0.2) is 37.6 Å². The van der Waals surface area contributed by atoms with Gasteiger partial charge < -0.3 is 19.0 Å². The van der Waals surface area contributed by atoms with Crippen molar-refractivity contribution in [2.24, 2.45) is 11.3 Å². The van der Waals surface area contributed by atoms with Crippen molar-refractivity contribution >= 4 is 29.6 Å². The van der Waals surface area contributed by atoms with E-state index in [1.165, 1.54) is 19.1 Å². The highest BCUT2D eigenvalue weighted by atomic mass is 35.5. The zero-order valence-electron chi connectivity index (χ0n) is 15.8. The van der Waals surface area contributed by atoms with E-state index in [0.29, 0.717) is 5.56 Å². The Kier molecular flexibility index (Phi) is 7.65. The van der Waals surface area contributed by atoms with Crippen molar-refractivity contribution in [3.8, 4) is 5.75 Å². The molecule has 0 saturated heterocycles. The Morgan fingerprint density at radius 2 is 2.00 bits per heavy atom. The first-order chi connectivity index (χ1) is 14.0. The molecule has 0 fully saturated rings. The third-order valence-corrected chi connectivity index (χ3v) is 4.19. The van der Waals surface area contributed by atoms with Crippen LogP contribution in [0.3, 0.4) is 0 Å². The lowest BCUT2D eigenvalue weighted by atomic mass is 9.99. The summed E-state index contributed by atoms with van der Waals surface area (Å²) in [6.07, 6.45) is -6.66. The van der Waals surface area contributed by atoms with E-state index >= 15 is 0 Å². The van der Waals surface area contributed by atoms with Crippen LogP contribution < -0.4 is 4.74 Å². The van der Waals surface area contributed by atoms with Crippen molar-refractivity contribution in [1.29, 1.82) is 0 Å². The maximum atomic E-state index is 13.4. The number of carbonyl (C=O) groups excluding carboxylic acids is 2. The fourth-order valence-corrected chi connectivity index (χ4v) is 2.93. The molecule has 0 aliphatic carbocycles. The number of nitrogens with zero attached hydrogens (tertiary/aromatic N) is 1. The van der Waals surface area contributed by atoms with Crippen molar-refractivity contribution < 1.29 is 41.8 Å². The summed E-state index contributed by atoms with van der Waals surface area (Å²) in [6, 6.07) is 2.78. The Balaban J connectivity index is 2.07. The Bertz CT molecular complexity index is 857. The lowest BCUT2D eigenvalue weighted by Crippen LogP contribution is -2.41. The van der Waals surface area contributed by atoms with Gasteiger partial charge in [-0.1, -0.05) is 18.5 Å². The number of benzene rings is 1. The average molecular weight is 452 g/mol. The van der Waals surface area contributed by atoms with Gasteiger partial charge in [-0.2, -0.15) is 13.2 Å². The molecule has 1 aromatic carbocycles. The number of hydrogen-bond donors (Lipinski definition) is 0. The fourth-order valence-electron chi connectivity index (χ4n) is 2.65. The van der Waals surface area contributed by atoms with Gasteiger partial charge in [0.25, 0.3) is 0 Å². The molecule has 0 radical (unpaired) electrons. The predicted molar refractivity (Wildman–Crippen MR) is 97.2 cm³/mol. The van der Waals surface area contributed by atoms with Crippen molar-refractivity contribution in [2.45, 2.75) is 32.5 Å². The van der Waals surface area contributed by atoms with Crippen molar-refractivity contribution in [1.82, 2.24) is 0 Å². The molecule has 0 saturated carbocycles. The minimum atomic E-state index is -4.90. The van der Waals surface area contributed by atoms with Crippen molar-refractivity contribution in [2.75, 3.05) is 13.4 Å². The number of aryl methyl sites for hydroxylation is 1. The highest BCUT2D eigenvalue weighted by Crippen LogP contribution is 2.40. The number of carbonyl (C=O) groups is 2. The molecule has 30 heavy (non-hydrogen) atoms. The van der Waals surface area contributed by atoms with E-state index in [1.807, 2.05) is 0 Å². The SMILES string of the molecule is Cc1cc(Cl)cc2c1OC(C(F)(F)F)C(C(=O)OCOC(=O)CC(C)CON=O)=C2. The molecule has 0 aromatic heterocycles. The van der Waals surface area contributed by atoms with Gasteiger partial charge >= 0.3 is 18.1 Å². The molecule has 0 N–H and O–H groups in total. The molecule has 1 heterocycles. The van der Waals surface area contributed by atoms with E-state index in [2.05, 4.69) is 19.7 Å². The summed E-state index contributed by atoms with van der Waals surface area (Å²) in [6.45, 7) is 2.06. The second-order valence-electron chi connectivity index (χ2n) is 6.53. The number of hydrogen-bond acceptors (Lipinski definition) is 8. The molecule has 2 atom stereocenters. The van der Waals surface area contributed by atoms with E-state index in [-0.39, 0.29) is 29.4 Å². The zero-order chi connectivity index (χ0) is 22.5. The molecule has 0 amide bonds. The minimum absolute atomic E-state index is 0.0503. The van der Waals surface area contributed by atoms with Gasteiger partial charge in [0.1, 0.15) is 12.4 Å². The van der Waals surface area contributed by atoms with Gasteiger partial charge in [-0.15, -0.1) is 4.91 Å². The van der Waals surface area contributed by atoms with Crippen LogP contribution in [0.25, 0.3) is 6.08 Å². The standard InChI is InChI=1S/C18H17ClF3NO7/c1-9(7-29-23-26)3-14(24)27-8-28-17(25)13-6-11-5-12(19)4-10(2)15(11)30-16(13)18(20,21)22/h4-6,9,16H,3,7-8H2,1-2H3. The molecule has 164 valence electrons. The number of fused-ring (bicyclic) bond motifs is 1. The summed E-state index contributed by atoms with van der Waals surface area (Å²) in [5, 5.41) is 2.44. The molecule has 2 rings (SSSR count). The first-order valence-electron chi connectivity index (χ1n) is 8.55. The number of halogens is 4. The number of ether oxygens (including phenoxy) is 3. The largest absolute Gasteiger partial charge is 0.475 e. The van der Waals surface area contributed by atoms with Crippen LogP contribution in [-0.2, 0) is 23.9 Å². The van der Waals surface area contributed by atoms with Gasteiger partial charge in [-0.25, -0.2) is 4.79 Å². The summed E-state index contributed by atoms with van der Waals surface area (Å²) >= 11 is 5.91. The van der Waals surface area contributed by atoms with Crippen LogP contribution >= 0.6 is 11.6 Å². The van der Waals surface area contributed by atoms with E-state index in [9.17, 15) is 27.7 Å².